The summed E-state index contributed by atoms with van der Waals surface area (Å²) in [5.74, 6) is -1.22. The minimum absolute atomic E-state index is 0.0522. The molecule has 6 nitrogen and oxygen atoms in total. The summed E-state index contributed by atoms with van der Waals surface area (Å²) in [4.78, 5) is 24.3. The van der Waals surface area contributed by atoms with Crippen LogP contribution in [0.3, 0.4) is 0 Å². The SMILES string of the molecule is O=C(CNc1cccc2ccccc12)N/N=C/c1cccc(OC(=O)c2cccc(F)c2)c1. The number of hydrogen-bond donors (Lipinski definition) is 2. The zero-order valence-corrected chi connectivity index (χ0v) is 17.5. The lowest BCUT2D eigenvalue weighted by Crippen LogP contribution is -2.25. The standard InChI is InChI=1S/C26H20FN3O3/c27-21-10-4-9-20(15-21)26(32)33-22-11-3-6-18(14-22)16-29-30-25(31)17-28-24-13-5-8-19-7-1-2-12-23(19)24/h1-16,28H,17H2,(H,30,31)/b29-16+. The van der Waals surface area contributed by atoms with Gasteiger partial charge in [-0.1, -0.05) is 54.6 Å². The Morgan fingerprint density at radius 2 is 1.70 bits per heavy atom. The molecule has 4 aromatic rings. The van der Waals surface area contributed by atoms with Crippen molar-refractivity contribution in [1.29, 1.82) is 0 Å². The van der Waals surface area contributed by atoms with E-state index in [0.717, 1.165) is 22.5 Å². The first-order valence-corrected chi connectivity index (χ1v) is 10.2. The van der Waals surface area contributed by atoms with Gasteiger partial charge in [-0.05, 0) is 47.3 Å². The van der Waals surface area contributed by atoms with E-state index in [1.807, 2.05) is 42.5 Å². The number of carbonyl (C=O) groups is 2. The number of ether oxygens (including phenoxy) is 1. The summed E-state index contributed by atoms with van der Waals surface area (Å²) in [6.07, 6.45) is 1.44. The lowest BCUT2D eigenvalue weighted by molar-refractivity contribution is -0.119. The summed E-state index contributed by atoms with van der Waals surface area (Å²) >= 11 is 0. The molecule has 0 bridgehead atoms. The summed E-state index contributed by atoms with van der Waals surface area (Å²) < 4.78 is 18.6. The molecule has 0 unspecified atom stereocenters. The van der Waals surface area contributed by atoms with Crippen LogP contribution in [0.25, 0.3) is 10.8 Å². The number of carbonyl (C=O) groups excluding carboxylic acids is 2. The van der Waals surface area contributed by atoms with Crippen molar-refractivity contribution in [3.05, 3.63) is 108 Å². The highest BCUT2D eigenvalue weighted by Crippen LogP contribution is 2.22. The number of benzene rings is 4. The maximum atomic E-state index is 13.3. The van der Waals surface area contributed by atoms with E-state index >= 15 is 0 Å². The van der Waals surface area contributed by atoms with Gasteiger partial charge in [0.1, 0.15) is 11.6 Å². The van der Waals surface area contributed by atoms with Gasteiger partial charge in [0, 0.05) is 11.1 Å². The maximum Gasteiger partial charge on any atom is 0.343 e. The summed E-state index contributed by atoms with van der Waals surface area (Å²) in [7, 11) is 0. The molecule has 0 saturated heterocycles. The molecule has 2 N–H and O–H groups in total. The van der Waals surface area contributed by atoms with Crippen molar-refractivity contribution in [2.75, 3.05) is 11.9 Å². The van der Waals surface area contributed by atoms with Crippen LogP contribution < -0.4 is 15.5 Å². The molecule has 0 atom stereocenters. The predicted octanol–water partition coefficient (Wildman–Crippen LogP) is 4.76. The molecule has 0 aromatic heterocycles. The molecule has 4 aromatic carbocycles. The van der Waals surface area contributed by atoms with Gasteiger partial charge in [-0.2, -0.15) is 5.10 Å². The number of anilines is 1. The van der Waals surface area contributed by atoms with Gasteiger partial charge in [-0.25, -0.2) is 14.6 Å². The fourth-order valence-corrected chi connectivity index (χ4v) is 3.21. The number of esters is 1. The van der Waals surface area contributed by atoms with Crippen LogP contribution in [0.4, 0.5) is 10.1 Å². The van der Waals surface area contributed by atoms with Crippen LogP contribution in [0.1, 0.15) is 15.9 Å². The number of nitrogens with one attached hydrogen (secondary N) is 2. The highest BCUT2D eigenvalue weighted by Gasteiger charge is 2.09. The first kappa shape index (κ1) is 21.7. The van der Waals surface area contributed by atoms with Crippen LogP contribution >= 0.6 is 0 Å². The van der Waals surface area contributed by atoms with Crippen LogP contribution in [0.2, 0.25) is 0 Å². The van der Waals surface area contributed by atoms with Gasteiger partial charge in [0.2, 0.25) is 0 Å². The number of hydrogen-bond acceptors (Lipinski definition) is 5. The van der Waals surface area contributed by atoms with Crippen molar-refractivity contribution in [3.8, 4) is 5.75 Å². The molecule has 7 heteroatoms. The third-order valence-corrected chi connectivity index (χ3v) is 4.76. The van der Waals surface area contributed by atoms with Crippen molar-refractivity contribution in [3.63, 3.8) is 0 Å². The van der Waals surface area contributed by atoms with Crippen LogP contribution in [0.15, 0.2) is 96.1 Å². The molecule has 164 valence electrons. The van der Waals surface area contributed by atoms with E-state index in [1.165, 1.54) is 24.4 Å². The van der Waals surface area contributed by atoms with Gasteiger partial charge in [0.05, 0.1) is 18.3 Å². The average Bonchev–Trinajstić information content (AvgIpc) is 2.83. The monoisotopic (exact) mass is 441 g/mol. The number of rotatable bonds is 7. The normalized spacial score (nSPS) is 10.8. The fraction of sp³-hybridized carbons (Fsp3) is 0.0385. The molecule has 0 spiro atoms. The Morgan fingerprint density at radius 3 is 2.58 bits per heavy atom. The second kappa shape index (κ2) is 10.2. The van der Waals surface area contributed by atoms with E-state index < -0.39 is 11.8 Å². The van der Waals surface area contributed by atoms with Gasteiger partial charge >= 0.3 is 5.97 Å². The van der Waals surface area contributed by atoms with Crippen molar-refractivity contribution in [2.24, 2.45) is 5.10 Å². The van der Waals surface area contributed by atoms with Crippen LogP contribution in [0, 0.1) is 5.82 Å². The number of amides is 1. The van der Waals surface area contributed by atoms with Crippen molar-refractivity contribution in [2.45, 2.75) is 0 Å². The molecule has 0 fully saturated rings. The Morgan fingerprint density at radius 1 is 0.909 bits per heavy atom. The maximum absolute atomic E-state index is 13.3. The molecule has 0 saturated carbocycles. The first-order valence-electron chi connectivity index (χ1n) is 10.2. The second-order valence-corrected chi connectivity index (χ2v) is 7.15. The van der Waals surface area contributed by atoms with E-state index in [-0.39, 0.29) is 23.8 Å². The Labute approximate surface area is 189 Å². The average molecular weight is 441 g/mol. The van der Waals surface area contributed by atoms with Crippen LogP contribution in [0.5, 0.6) is 5.75 Å². The summed E-state index contributed by atoms with van der Waals surface area (Å²) in [6.45, 7) is 0.0522. The Kier molecular flexibility index (Phi) is 6.70. The summed E-state index contributed by atoms with van der Waals surface area (Å²) in [6, 6.07) is 25.6. The fourth-order valence-electron chi connectivity index (χ4n) is 3.21. The van der Waals surface area contributed by atoms with Crippen molar-refractivity contribution < 1.29 is 18.7 Å². The molecule has 0 radical (unpaired) electrons. The smallest absolute Gasteiger partial charge is 0.343 e. The number of fused-ring (bicyclic) bond motifs is 1. The Balaban J connectivity index is 1.32. The second-order valence-electron chi connectivity index (χ2n) is 7.15. The molecule has 1 amide bonds. The number of nitrogens with zero attached hydrogens (tertiary/aromatic N) is 1. The third-order valence-electron chi connectivity index (χ3n) is 4.76. The van der Waals surface area contributed by atoms with E-state index in [2.05, 4.69) is 15.8 Å². The lowest BCUT2D eigenvalue weighted by atomic mass is 10.1. The number of halogens is 1. The molecule has 4 rings (SSSR count). The molecule has 0 heterocycles. The minimum Gasteiger partial charge on any atom is -0.423 e. The summed E-state index contributed by atoms with van der Waals surface area (Å²) in [5.41, 5.74) is 4.05. The van der Waals surface area contributed by atoms with Gasteiger partial charge < -0.3 is 10.1 Å². The van der Waals surface area contributed by atoms with E-state index in [1.54, 1.807) is 24.3 Å². The van der Waals surface area contributed by atoms with Crippen LogP contribution in [-0.4, -0.2) is 24.6 Å². The predicted molar refractivity (Wildman–Crippen MR) is 126 cm³/mol. The molecule has 33 heavy (non-hydrogen) atoms. The highest BCUT2D eigenvalue weighted by molar-refractivity contribution is 5.95. The van der Waals surface area contributed by atoms with E-state index in [4.69, 9.17) is 4.74 Å². The molecule has 0 aliphatic rings. The lowest BCUT2D eigenvalue weighted by Gasteiger charge is -2.08. The Bertz CT molecular complexity index is 1330. The Hall–Kier alpha value is -4.52. The highest BCUT2D eigenvalue weighted by atomic mass is 19.1. The minimum atomic E-state index is -0.670. The van der Waals surface area contributed by atoms with E-state index in [0.29, 0.717) is 5.56 Å². The quantitative estimate of drug-likeness (QED) is 0.188. The van der Waals surface area contributed by atoms with Gasteiger partial charge in [-0.15, -0.1) is 0 Å². The summed E-state index contributed by atoms with van der Waals surface area (Å²) in [5, 5.41) is 9.18. The first-order chi connectivity index (χ1) is 16.1. The molecular formula is C26H20FN3O3. The van der Waals surface area contributed by atoms with Gasteiger partial charge in [-0.3, -0.25) is 4.79 Å². The molecular weight excluding hydrogens is 421 g/mol. The topological polar surface area (TPSA) is 79.8 Å². The largest absolute Gasteiger partial charge is 0.423 e. The zero-order chi connectivity index (χ0) is 23.0. The number of hydrazone groups is 1. The van der Waals surface area contributed by atoms with Crippen LogP contribution in [-0.2, 0) is 4.79 Å². The molecule has 0 aliphatic heterocycles. The van der Waals surface area contributed by atoms with Gasteiger partial charge in [0.25, 0.3) is 5.91 Å². The third kappa shape index (κ3) is 5.80. The zero-order valence-electron chi connectivity index (χ0n) is 17.5. The van der Waals surface area contributed by atoms with E-state index in [9.17, 15) is 14.0 Å². The van der Waals surface area contributed by atoms with Crippen molar-refractivity contribution >= 4 is 34.6 Å². The molecule has 0 aliphatic carbocycles. The van der Waals surface area contributed by atoms with Crippen molar-refractivity contribution in [1.82, 2.24) is 5.43 Å². The van der Waals surface area contributed by atoms with Gasteiger partial charge in [0.15, 0.2) is 0 Å².